The smallest absolute Gasteiger partial charge is 0.130 e. The van der Waals surface area contributed by atoms with E-state index in [2.05, 4.69) is 120 Å². The van der Waals surface area contributed by atoms with Crippen LogP contribution in [0.5, 0.6) is 0 Å². The summed E-state index contributed by atoms with van der Waals surface area (Å²) < 4.78 is 0. The van der Waals surface area contributed by atoms with Gasteiger partial charge in [-0.25, -0.2) is 0 Å². The van der Waals surface area contributed by atoms with Gasteiger partial charge in [-0.3, -0.25) is 0 Å². The van der Waals surface area contributed by atoms with Crippen molar-refractivity contribution >= 4 is 0 Å². The maximum Gasteiger partial charge on any atom is 0.130 e. The van der Waals surface area contributed by atoms with E-state index >= 15 is 0 Å². The lowest BCUT2D eigenvalue weighted by Crippen LogP contribution is -2.46. The summed E-state index contributed by atoms with van der Waals surface area (Å²) in [5, 5.41) is 16.0. The summed E-state index contributed by atoms with van der Waals surface area (Å²) in [5.74, 6) is 0. The van der Waals surface area contributed by atoms with Gasteiger partial charge in [0.25, 0.3) is 0 Å². The van der Waals surface area contributed by atoms with Gasteiger partial charge in [-0.1, -0.05) is 83.9 Å². The zero-order valence-electron chi connectivity index (χ0n) is 23.1. The molecule has 0 saturated carbocycles. The van der Waals surface area contributed by atoms with Crippen LogP contribution in [0.4, 0.5) is 0 Å². The van der Waals surface area contributed by atoms with Crippen LogP contribution in [0, 0.1) is 41.5 Å². The number of nitrogens with one attached hydrogen (secondary N) is 1. The molecule has 1 aliphatic rings. The van der Waals surface area contributed by atoms with E-state index in [9.17, 15) is 5.11 Å². The monoisotopic (exact) mass is 489 g/mol. The number of aliphatic hydroxyl groups is 1. The number of aryl methyl sites for hydroxylation is 6. The van der Waals surface area contributed by atoms with E-state index in [0.29, 0.717) is 0 Å². The number of benzene rings is 4. The van der Waals surface area contributed by atoms with Gasteiger partial charge in [0.15, 0.2) is 0 Å². The molecule has 5 rings (SSSR count). The Hall–Kier alpha value is -3.20. The quantitative estimate of drug-likeness (QED) is 0.299. The third-order valence-corrected chi connectivity index (χ3v) is 8.15. The van der Waals surface area contributed by atoms with Gasteiger partial charge in [0.05, 0.1) is 0 Å². The molecule has 0 aromatic heterocycles. The standard InChI is InChI=1S/C35H39NO/c1-22-18-24(3)33(25(4)19-22)28-9-13-30(14-10-28)35(37,32-8-7-17-36-32)31-15-11-29(12-16-31)34-26(5)20-23(2)21-27(34)6/h9-16,18-21,32,36-37H,7-8,17H2,1-6H3/t32-/m1/s1. The summed E-state index contributed by atoms with van der Waals surface area (Å²) in [5.41, 5.74) is 13.5. The third kappa shape index (κ3) is 4.65. The molecule has 0 spiro atoms. The predicted octanol–water partition coefficient (Wildman–Crippen LogP) is 7.86. The molecule has 0 aliphatic carbocycles. The fraction of sp³-hybridized carbons (Fsp3) is 0.314. The fourth-order valence-electron chi connectivity index (χ4n) is 6.66. The van der Waals surface area contributed by atoms with Crippen LogP contribution in [-0.4, -0.2) is 17.7 Å². The first-order valence-electron chi connectivity index (χ1n) is 13.5. The van der Waals surface area contributed by atoms with E-state index in [1.807, 2.05) is 0 Å². The molecule has 0 bridgehead atoms. The predicted molar refractivity (Wildman–Crippen MR) is 156 cm³/mol. The van der Waals surface area contributed by atoms with Crippen molar-refractivity contribution in [3.05, 3.63) is 117 Å². The van der Waals surface area contributed by atoms with Crippen molar-refractivity contribution in [1.29, 1.82) is 0 Å². The number of hydrogen-bond acceptors (Lipinski definition) is 2. The van der Waals surface area contributed by atoms with E-state index in [0.717, 1.165) is 30.5 Å². The second kappa shape index (κ2) is 9.93. The zero-order valence-corrected chi connectivity index (χ0v) is 23.1. The van der Waals surface area contributed by atoms with Crippen LogP contribution < -0.4 is 5.32 Å². The van der Waals surface area contributed by atoms with Gasteiger partial charge >= 0.3 is 0 Å². The summed E-state index contributed by atoms with van der Waals surface area (Å²) in [6.45, 7) is 14.0. The molecule has 2 heteroatoms. The minimum absolute atomic E-state index is 0.0186. The normalized spacial score (nSPS) is 15.8. The molecule has 0 amide bonds. The zero-order chi connectivity index (χ0) is 26.3. The number of hydrogen-bond donors (Lipinski definition) is 2. The Labute approximate surface area is 222 Å². The molecule has 190 valence electrons. The molecule has 1 fully saturated rings. The summed E-state index contributed by atoms with van der Waals surface area (Å²) in [7, 11) is 0. The first-order valence-corrected chi connectivity index (χ1v) is 13.5. The molecule has 0 radical (unpaired) electrons. The molecular formula is C35H39NO. The third-order valence-electron chi connectivity index (χ3n) is 8.15. The van der Waals surface area contributed by atoms with Crippen LogP contribution in [-0.2, 0) is 5.60 Å². The molecule has 2 N–H and O–H groups in total. The second-order valence-electron chi connectivity index (χ2n) is 11.1. The molecule has 1 aliphatic heterocycles. The van der Waals surface area contributed by atoms with E-state index < -0.39 is 5.60 Å². The van der Waals surface area contributed by atoms with Gasteiger partial charge in [0.2, 0.25) is 0 Å². The maximum absolute atomic E-state index is 12.4. The summed E-state index contributed by atoms with van der Waals surface area (Å²) in [4.78, 5) is 0. The minimum Gasteiger partial charge on any atom is -0.379 e. The molecule has 1 heterocycles. The Morgan fingerprint density at radius 3 is 1.32 bits per heavy atom. The van der Waals surface area contributed by atoms with Gasteiger partial charge in [-0.05, 0) is 117 Å². The van der Waals surface area contributed by atoms with E-state index in [1.54, 1.807) is 0 Å². The topological polar surface area (TPSA) is 32.3 Å². The van der Waals surface area contributed by atoms with Crippen molar-refractivity contribution in [2.24, 2.45) is 0 Å². The lowest BCUT2D eigenvalue weighted by atomic mass is 9.78. The van der Waals surface area contributed by atoms with Gasteiger partial charge in [-0.2, -0.15) is 0 Å². The highest BCUT2D eigenvalue weighted by Gasteiger charge is 2.41. The molecule has 1 atom stereocenters. The molecule has 4 aromatic carbocycles. The summed E-state index contributed by atoms with van der Waals surface area (Å²) in [6.07, 6.45) is 2.03. The molecule has 37 heavy (non-hydrogen) atoms. The van der Waals surface area contributed by atoms with Crippen LogP contribution in [0.1, 0.15) is 57.3 Å². The lowest BCUT2D eigenvalue weighted by molar-refractivity contribution is 0.0443. The number of rotatable bonds is 5. The van der Waals surface area contributed by atoms with Gasteiger partial charge in [0, 0.05) is 6.04 Å². The Balaban J connectivity index is 1.55. The average Bonchev–Trinajstić information content (AvgIpc) is 3.39. The largest absolute Gasteiger partial charge is 0.379 e. The molecular weight excluding hydrogens is 450 g/mol. The van der Waals surface area contributed by atoms with Crippen LogP contribution >= 0.6 is 0 Å². The fourth-order valence-corrected chi connectivity index (χ4v) is 6.66. The molecule has 2 nitrogen and oxygen atoms in total. The first kappa shape index (κ1) is 25.4. The molecule has 4 aromatic rings. The lowest BCUT2D eigenvalue weighted by Gasteiger charge is -2.35. The Bertz CT molecular complexity index is 1280. The van der Waals surface area contributed by atoms with Gasteiger partial charge in [-0.15, -0.1) is 0 Å². The van der Waals surface area contributed by atoms with Crippen molar-refractivity contribution in [3.8, 4) is 22.3 Å². The second-order valence-corrected chi connectivity index (χ2v) is 11.1. The highest BCUT2D eigenvalue weighted by atomic mass is 16.3. The van der Waals surface area contributed by atoms with Crippen LogP contribution in [0.15, 0.2) is 72.8 Å². The van der Waals surface area contributed by atoms with Crippen LogP contribution in [0.3, 0.4) is 0 Å². The highest BCUT2D eigenvalue weighted by Crippen LogP contribution is 2.39. The Morgan fingerprint density at radius 1 is 0.622 bits per heavy atom. The van der Waals surface area contributed by atoms with Crippen molar-refractivity contribution < 1.29 is 5.11 Å². The highest BCUT2D eigenvalue weighted by molar-refractivity contribution is 5.73. The van der Waals surface area contributed by atoms with Crippen LogP contribution in [0.2, 0.25) is 0 Å². The maximum atomic E-state index is 12.4. The van der Waals surface area contributed by atoms with Crippen molar-refractivity contribution in [1.82, 2.24) is 5.32 Å². The minimum atomic E-state index is -1.09. The summed E-state index contributed by atoms with van der Waals surface area (Å²) >= 11 is 0. The van der Waals surface area contributed by atoms with Crippen molar-refractivity contribution in [2.45, 2.75) is 66.0 Å². The van der Waals surface area contributed by atoms with Crippen LogP contribution in [0.25, 0.3) is 22.3 Å². The van der Waals surface area contributed by atoms with E-state index in [1.165, 1.54) is 55.6 Å². The SMILES string of the molecule is Cc1cc(C)c(-c2ccc(C(O)(c3ccc(-c4c(C)cc(C)cc4C)cc3)[C@H]3CCCN3)cc2)c(C)c1. The van der Waals surface area contributed by atoms with E-state index in [-0.39, 0.29) is 6.04 Å². The molecule has 0 unspecified atom stereocenters. The molecule has 1 saturated heterocycles. The van der Waals surface area contributed by atoms with Gasteiger partial charge < -0.3 is 10.4 Å². The summed E-state index contributed by atoms with van der Waals surface area (Å²) in [6, 6.07) is 26.1. The van der Waals surface area contributed by atoms with Crippen molar-refractivity contribution in [3.63, 3.8) is 0 Å². The average molecular weight is 490 g/mol. The Kier molecular flexibility index (Phi) is 6.83. The Morgan fingerprint density at radius 2 is 1.00 bits per heavy atom. The van der Waals surface area contributed by atoms with E-state index in [4.69, 9.17) is 0 Å². The van der Waals surface area contributed by atoms with Crippen molar-refractivity contribution in [2.75, 3.05) is 6.54 Å². The van der Waals surface area contributed by atoms with Gasteiger partial charge in [0.1, 0.15) is 5.60 Å². The first-order chi connectivity index (χ1) is 17.7.